The molecule has 0 atom stereocenters. The maximum absolute atomic E-state index is 12.3. The zero-order valence-corrected chi connectivity index (χ0v) is 16.7. The number of nitrogens with zero attached hydrogens (tertiary/aromatic N) is 3. The average molecular weight is 413 g/mol. The number of nitrogens with one attached hydrogen (secondary N) is 2. The van der Waals surface area contributed by atoms with Crippen LogP contribution < -0.4 is 10.6 Å². The number of carbonyl (C=O) groups excluding carboxylic acids is 1. The van der Waals surface area contributed by atoms with Crippen molar-refractivity contribution in [3.63, 3.8) is 0 Å². The first-order valence-corrected chi connectivity index (χ1v) is 9.61. The molecular formula is C23H19N5O3. The van der Waals surface area contributed by atoms with Gasteiger partial charge in [-0.25, -0.2) is 9.97 Å². The van der Waals surface area contributed by atoms with E-state index in [1.165, 1.54) is 18.2 Å². The molecule has 0 aliphatic carbocycles. The van der Waals surface area contributed by atoms with Gasteiger partial charge in [0.05, 0.1) is 22.7 Å². The summed E-state index contributed by atoms with van der Waals surface area (Å²) in [6.07, 6.45) is 0. The van der Waals surface area contributed by atoms with Gasteiger partial charge >= 0.3 is 0 Å². The molecule has 0 unspecified atom stereocenters. The van der Waals surface area contributed by atoms with Crippen LogP contribution in [0, 0.1) is 17.0 Å². The largest absolute Gasteiger partial charge is 0.345 e. The maximum atomic E-state index is 12.3. The highest BCUT2D eigenvalue weighted by atomic mass is 16.6. The Hall–Kier alpha value is -4.33. The second kappa shape index (κ2) is 8.58. The first-order valence-electron chi connectivity index (χ1n) is 9.61. The number of hydrogen-bond donors (Lipinski definition) is 2. The van der Waals surface area contributed by atoms with Crippen LogP contribution in [0.25, 0.3) is 22.2 Å². The summed E-state index contributed by atoms with van der Waals surface area (Å²) >= 11 is 0. The van der Waals surface area contributed by atoms with Gasteiger partial charge < -0.3 is 10.6 Å². The van der Waals surface area contributed by atoms with Gasteiger partial charge in [-0.15, -0.1) is 0 Å². The number of rotatable bonds is 6. The van der Waals surface area contributed by atoms with Crippen molar-refractivity contribution in [1.29, 1.82) is 0 Å². The van der Waals surface area contributed by atoms with Crippen LogP contribution in [0.4, 0.5) is 17.3 Å². The summed E-state index contributed by atoms with van der Waals surface area (Å²) in [4.78, 5) is 31.9. The van der Waals surface area contributed by atoms with Crippen LogP contribution >= 0.6 is 0 Å². The average Bonchev–Trinajstić information content (AvgIpc) is 2.78. The number of aromatic nitrogens is 2. The third-order valence-electron chi connectivity index (χ3n) is 4.65. The van der Waals surface area contributed by atoms with Crippen LogP contribution in [0.2, 0.25) is 0 Å². The Morgan fingerprint density at radius 2 is 1.81 bits per heavy atom. The Kier molecular flexibility index (Phi) is 5.53. The molecule has 0 aliphatic heterocycles. The van der Waals surface area contributed by atoms with Crippen molar-refractivity contribution in [1.82, 2.24) is 9.97 Å². The normalized spacial score (nSPS) is 10.6. The predicted octanol–water partition coefficient (Wildman–Crippen LogP) is 4.56. The second-order valence-electron chi connectivity index (χ2n) is 6.99. The molecule has 0 bridgehead atoms. The van der Waals surface area contributed by atoms with Gasteiger partial charge in [0.25, 0.3) is 5.69 Å². The van der Waals surface area contributed by atoms with Gasteiger partial charge in [-0.3, -0.25) is 14.9 Å². The summed E-state index contributed by atoms with van der Waals surface area (Å²) in [6, 6.07) is 21.5. The zero-order valence-electron chi connectivity index (χ0n) is 16.7. The molecule has 1 heterocycles. The first-order chi connectivity index (χ1) is 15.0. The highest BCUT2D eigenvalue weighted by Gasteiger charge is 2.12. The molecule has 2 N–H and O–H groups in total. The summed E-state index contributed by atoms with van der Waals surface area (Å²) in [5.74, 6) is -0.0428. The van der Waals surface area contributed by atoms with E-state index in [1.807, 2.05) is 55.5 Å². The number of nitro groups is 1. The van der Waals surface area contributed by atoms with Crippen LogP contribution in [0.15, 0.2) is 72.8 Å². The molecule has 0 saturated heterocycles. The number of anilines is 2. The molecule has 8 heteroatoms. The Morgan fingerprint density at radius 1 is 1.00 bits per heavy atom. The summed E-state index contributed by atoms with van der Waals surface area (Å²) in [6.45, 7) is 1.92. The SMILES string of the molecule is Cc1ccc2nc(NCC(=O)Nc3cccc([N+](=O)[O-])c3)nc(-c3ccccc3)c2c1. The Balaban J connectivity index is 1.56. The number of aryl methyl sites for hydroxylation is 1. The first kappa shape index (κ1) is 20.0. The Labute approximate surface area is 178 Å². The zero-order chi connectivity index (χ0) is 21.8. The minimum atomic E-state index is -0.510. The van der Waals surface area contributed by atoms with Gasteiger partial charge in [0.2, 0.25) is 11.9 Å². The highest BCUT2D eigenvalue weighted by molar-refractivity contribution is 5.95. The molecule has 0 radical (unpaired) electrons. The molecule has 0 fully saturated rings. The lowest BCUT2D eigenvalue weighted by Gasteiger charge is -2.11. The van der Waals surface area contributed by atoms with Gasteiger partial charge in [0, 0.05) is 28.8 Å². The minimum absolute atomic E-state index is 0.0890. The van der Waals surface area contributed by atoms with Crippen molar-refractivity contribution in [3.8, 4) is 11.3 Å². The van der Waals surface area contributed by atoms with Gasteiger partial charge in [-0.05, 0) is 25.1 Å². The molecule has 31 heavy (non-hydrogen) atoms. The maximum Gasteiger partial charge on any atom is 0.271 e. The Morgan fingerprint density at radius 3 is 2.58 bits per heavy atom. The van der Waals surface area contributed by atoms with E-state index in [1.54, 1.807) is 6.07 Å². The lowest BCUT2D eigenvalue weighted by molar-refractivity contribution is -0.384. The van der Waals surface area contributed by atoms with Crippen LogP contribution in [-0.4, -0.2) is 27.3 Å². The fourth-order valence-corrected chi connectivity index (χ4v) is 3.20. The summed E-state index contributed by atoms with van der Waals surface area (Å²) in [5.41, 5.74) is 3.85. The molecule has 4 rings (SSSR count). The molecule has 1 amide bonds. The van der Waals surface area contributed by atoms with Gasteiger partial charge in [-0.1, -0.05) is 48.0 Å². The summed E-state index contributed by atoms with van der Waals surface area (Å²) in [7, 11) is 0. The van der Waals surface area contributed by atoms with Crippen molar-refractivity contribution in [2.75, 3.05) is 17.2 Å². The van der Waals surface area contributed by atoms with E-state index in [-0.39, 0.29) is 18.1 Å². The van der Waals surface area contributed by atoms with Gasteiger partial charge in [0.15, 0.2) is 0 Å². The second-order valence-corrected chi connectivity index (χ2v) is 6.99. The lowest BCUT2D eigenvalue weighted by Crippen LogP contribution is -2.22. The van der Waals surface area contributed by atoms with E-state index in [0.717, 1.165) is 27.7 Å². The van der Waals surface area contributed by atoms with E-state index < -0.39 is 4.92 Å². The van der Waals surface area contributed by atoms with Crippen LogP contribution in [0.1, 0.15) is 5.56 Å². The fraction of sp³-hybridized carbons (Fsp3) is 0.0870. The molecule has 3 aromatic carbocycles. The van der Waals surface area contributed by atoms with Crippen LogP contribution in [-0.2, 0) is 4.79 Å². The quantitative estimate of drug-likeness (QED) is 0.354. The molecule has 1 aromatic heterocycles. The molecular weight excluding hydrogens is 394 g/mol. The smallest absolute Gasteiger partial charge is 0.271 e. The summed E-state index contributed by atoms with van der Waals surface area (Å²) < 4.78 is 0. The number of fused-ring (bicyclic) bond motifs is 1. The predicted molar refractivity (Wildman–Crippen MR) is 120 cm³/mol. The van der Waals surface area contributed by atoms with Gasteiger partial charge in [-0.2, -0.15) is 0 Å². The number of non-ortho nitro benzene ring substituents is 1. The molecule has 4 aromatic rings. The summed E-state index contributed by atoms with van der Waals surface area (Å²) in [5, 5.41) is 17.4. The van der Waals surface area contributed by atoms with E-state index in [2.05, 4.69) is 20.6 Å². The van der Waals surface area contributed by atoms with Crippen molar-refractivity contribution < 1.29 is 9.72 Å². The van der Waals surface area contributed by atoms with Crippen LogP contribution in [0.3, 0.4) is 0 Å². The molecule has 0 saturated carbocycles. The molecule has 8 nitrogen and oxygen atoms in total. The topological polar surface area (TPSA) is 110 Å². The molecule has 0 aliphatic rings. The third kappa shape index (κ3) is 4.64. The van der Waals surface area contributed by atoms with E-state index >= 15 is 0 Å². The number of carbonyl (C=O) groups is 1. The van der Waals surface area contributed by atoms with Crippen molar-refractivity contribution in [3.05, 3.63) is 88.5 Å². The van der Waals surface area contributed by atoms with Crippen molar-refractivity contribution in [2.24, 2.45) is 0 Å². The standard InChI is InChI=1S/C23H19N5O3/c1-15-10-11-20-19(12-15)22(16-6-3-2-4-7-16)27-23(26-20)24-14-21(29)25-17-8-5-9-18(13-17)28(30)31/h2-13H,14H2,1H3,(H,25,29)(H,24,26,27). The van der Waals surface area contributed by atoms with Crippen molar-refractivity contribution >= 4 is 34.1 Å². The van der Waals surface area contributed by atoms with Crippen molar-refractivity contribution in [2.45, 2.75) is 6.92 Å². The number of nitro benzene ring substituents is 1. The number of benzene rings is 3. The third-order valence-corrected chi connectivity index (χ3v) is 4.65. The molecule has 154 valence electrons. The lowest BCUT2D eigenvalue weighted by atomic mass is 10.0. The monoisotopic (exact) mass is 413 g/mol. The van der Waals surface area contributed by atoms with Gasteiger partial charge in [0.1, 0.15) is 0 Å². The Bertz CT molecular complexity index is 1270. The molecule has 0 spiro atoms. The fourth-order valence-electron chi connectivity index (χ4n) is 3.20. The van der Waals surface area contributed by atoms with E-state index in [4.69, 9.17) is 0 Å². The van der Waals surface area contributed by atoms with E-state index in [9.17, 15) is 14.9 Å². The van der Waals surface area contributed by atoms with Crippen LogP contribution in [0.5, 0.6) is 0 Å². The van der Waals surface area contributed by atoms with E-state index in [0.29, 0.717) is 11.6 Å². The number of hydrogen-bond acceptors (Lipinski definition) is 6. The highest BCUT2D eigenvalue weighted by Crippen LogP contribution is 2.28. The minimum Gasteiger partial charge on any atom is -0.345 e. The number of amides is 1.